The molecule has 0 aliphatic rings. The summed E-state index contributed by atoms with van der Waals surface area (Å²) in [4.78, 5) is 1.41. The fraction of sp³-hybridized carbons (Fsp3) is 0.714. The molecule has 1 heterocycles. The molecule has 0 aliphatic heterocycles. The smallest absolute Gasteiger partial charge is 0.241 e. The molecule has 6 heteroatoms. The molecule has 0 atom stereocenters. The molecule has 0 aliphatic carbocycles. The highest BCUT2D eigenvalue weighted by molar-refractivity contribution is 7.89. The van der Waals surface area contributed by atoms with Crippen molar-refractivity contribution in [2.45, 2.75) is 58.5 Å². The first-order valence-corrected chi connectivity index (χ1v) is 9.33. The van der Waals surface area contributed by atoms with Crippen LogP contribution in [0.25, 0.3) is 0 Å². The molecule has 0 saturated heterocycles. The molecule has 1 rings (SSSR count). The van der Waals surface area contributed by atoms with Crippen LogP contribution in [-0.4, -0.2) is 21.0 Å². The summed E-state index contributed by atoms with van der Waals surface area (Å²) in [5, 5.41) is 4.99. The van der Waals surface area contributed by atoms with Gasteiger partial charge in [-0.25, -0.2) is 13.1 Å². The first kappa shape index (κ1) is 17.6. The molecule has 0 bridgehead atoms. The molecule has 20 heavy (non-hydrogen) atoms. The number of nitrogens with one attached hydrogen (secondary N) is 2. The van der Waals surface area contributed by atoms with Crippen molar-refractivity contribution in [1.29, 1.82) is 0 Å². The highest BCUT2D eigenvalue weighted by Crippen LogP contribution is 2.22. The Morgan fingerprint density at radius 2 is 2.00 bits per heavy atom. The maximum atomic E-state index is 12.2. The van der Waals surface area contributed by atoms with Crippen LogP contribution in [0.15, 0.2) is 16.3 Å². The van der Waals surface area contributed by atoms with Gasteiger partial charge in [-0.3, -0.25) is 0 Å². The lowest BCUT2D eigenvalue weighted by atomic mass is 9.91. The lowest BCUT2D eigenvalue weighted by molar-refractivity contribution is 0.350. The Morgan fingerprint density at radius 1 is 1.35 bits per heavy atom. The molecule has 1 aromatic rings. The van der Waals surface area contributed by atoms with Crippen LogP contribution >= 0.6 is 11.3 Å². The molecule has 0 fully saturated rings. The zero-order valence-corrected chi connectivity index (χ0v) is 14.6. The highest BCUT2D eigenvalue weighted by atomic mass is 32.2. The molecule has 0 spiro atoms. The summed E-state index contributed by atoms with van der Waals surface area (Å²) in [6, 6.07) is 2.14. The van der Waals surface area contributed by atoms with E-state index in [1.165, 1.54) is 11.3 Å². The number of hydrogen-bond donors (Lipinski definition) is 2. The van der Waals surface area contributed by atoms with Crippen molar-refractivity contribution in [2.75, 3.05) is 6.54 Å². The third-order valence-corrected chi connectivity index (χ3v) is 5.79. The standard InChI is InChI=1S/C14H26N2O2S2/c1-6-14(4,5)10-16-20(17,18)13-7-12(19-9-13)8-15-11(2)3/h7,9,11,15-16H,6,8,10H2,1-5H3. The van der Waals surface area contributed by atoms with E-state index in [1.807, 2.05) is 0 Å². The molecule has 0 aromatic carbocycles. The van der Waals surface area contributed by atoms with Gasteiger partial charge in [0.15, 0.2) is 0 Å². The first-order valence-electron chi connectivity index (χ1n) is 6.97. The van der Waals surface area contributed by atoms with Crippen LogP contribution in [-0.2, 0) is 16.6 Å². The second-order valence-corrected chi connectivity index (χ2v) is 8.89. The molecule has 1 aromatic heterocycles. The van der Waals surface area contributed by atoms with E-state index >= 15 is 0 Å². The molecule has 0 unspecified atom stereocenters. The van der Waals surface area contributed by atoms with E-state index in [2.05, 4.69) is 44.7 Å². The zero-order valence-electron chi connectivity index (χ0n) is 13.0. The zero-order chi connectivity index (χ0) is 15.4. The third-order valence-electron chi connectivity index (χ3n) is 3.32. The normalized spacial score (nSPS) is 13.1. The predicted octanol–water partition coefficient (Wildman–Crippen LogP) is 2.96. The van der Waals surface area contributed by atoms with Gasteiger partial charge in [0.05, 0.1) is 4.90 Å². The van der Waals surface area contributed by atoms with Crippen molar-refractivity contribution in [2.24, 2.45) is 5.41 Å². The minimum atomic E-state index is -3.39. The fourth-order valence-corrected chi connectivity index (χ4v) is 3.87. The average Bonchev–Trinajstić information content (AvgIpc) is 2.84. The Labute approximate surface area is 127 Å². The summed E-state index contributed by atoms with van der Waals surface area (Å²) in [6.07, 6.45) is 0.933. The van der Waals surface area contributed by atoms with Crippen LogP contribution in [0.4, 0.5) is 0 Å². The first-order chi connectivity index (χ1) is 9.16. The Morgan fingerprint density at radius 3 is 2.55 bits per heavy atom. The Balaban J connectivity index is 2.69. The molecule has 2 N–H and O–H groups in total. The largest absolute Gasteiger partial charge is 0.310 e. The van der Waals surface area contributed by atoms with Crippen molar-refractivity contribution in [3.05, 3.63) is 16.3 Å². The predicted molar refractivity (Wildman–Crippen MR) is 85.6 cm³/mol. The number of hydrogen-bond acceptors (Lipinski definition) is 4. The lowest BCUT2D eigenvalue weighted by Crippen LogP contribution is -2.33. The van der Waals surface area contributed by atoms with Gasteiger partial charge in [-0.1, -0.05) is 34.6 Å². The summed E-state index contributed by atoms with van der Waals surface area (Å²) < 4.78 is 27.1. The van der Waals surface area contributed by atoms with Gasteiger partial charge in [-0.2, -0.15) is 0 Å². The van der Waals surface area contributed by atoms with E-state index in [-0.39, 0.29) is 5.41 Å². The van der Waals surface area contributed by atoms with Crippen molar-refractivity contribution in [1.82, 2.24) is 10.0 Å². The van der Waals surface area contributed by atoms with Gasteiger partial charge in [-0.15, -0.1) is 11.3 Å². The van der Waals surface area contributed by atoms with Gasteiger partial charge < -0.3 is 5.32 Å². The molecule has 0 saturated carbocycles. The lowest BCUT2D eigenvalue weighted by Gasteiger charge is -2.22. The number of rotatable bonds is 8. The van der Waals surface area contributed by atoms with E-state index in [0.717, 1.165) is 11.3 Å². The minimum absolute atomic E-state index is 0.0227. The maximum absolute atomic E-state index is 12.2. The van der Waals surface area contributed by atoms with E-state index in [4.69, 9.17) is 0 Å². The third kappa shape index (κ3) is 5.52. The Kier molecular flexibility index (Phi) is 6.19. The monoisotopic (exact) mass is 318 g/mol. The molecular weight excluding hydrogens is 292 g/mol. The van der Waals surface area contributed by atoms with Crippen LogP contribution in [0.3, 0.4) is 0 Å². The quantitative estimate of drug-likeness (QED) is 0.775. The molecule has 0 radical (unpaired) electrons. The van der Waals surface area contributed by atoms with Crippen LogP contribution in [0.5, 0.6) is 0 Å². The van der Waals surface area contributed by atoms with Crippen LogP contribution in [0, 0.1) is 5.41 Å². The summed E-state index contributed by atoms with van der Waals surface area (Å²) >= 11 is 1.48. The van der Waals surface area contributed by atoms with Crippen LogP contribution < -0.4 is 10.0 Å². The summed E-state index contributed by atoms with van der Waals surface area (Å²) in [7, 11) is -3.39. The second kappa shape index (κ2) is 7.02. The summed E-state index contributed by atoms with van der Waals surface area (Å²) in [6.45, 7) is 11.5. The van der Waals surface area contributed by atoms with Gasteiger partial charge in [0.2, 0.25) is 10.0 Å². The van der Waals surface area contributed by atoms with Crippen molar-refractivity contribution in [3.8, 4) is 0 Å². The molecule has 116 valence electrons. The van der Waals surface area contributed by atoms with E-state index in [0.29, 0.717) is 24.0 Å². The second-order valence-electron chi connectivity index (χ2n) is 6.13. The number of sulfonamides is 1. The minimum Gasteiger partial charge on any atom is -0.310 e. The summed E-state index contributed by atoms with van der Waals surface area (Å²) in [5.74, 6) is 0. The Hall–Kier alpha value is -0.430. The van der Waals surface area contributed by atoms with Crippen molar-refractivity contribution in [3.63, 3.8) is 0 Å². The van der Waals surface area contributed by atoms with Gasteiger partial charge >= 0.3 is 0 Å². The van der Waals surface area contributed by atoms with Gasteiger partial charge in [0.1, 0.15) is 0 Å². The fourth-order valence-electron chi connectivity index (χ4n) is 1.40. The van der Waals surface area contributed by atoms with E-state index < -0.39 is 10.0 Å². The topological polar surface area (TPSA) is 58.2 Å². The molecule has 4 nitrogen and oxygen atoms in total. The van der Waals surface area contributed by atoms with E-state index in [9.17, 15) is 8.42 Å². The molecule has 0 amide bonds. The SMILES string of the molecule is CCC(C)(C)CNS(=O)(=O)c1csc(CNC(C)C)c1. The van der Waals surface area contributed by atoms with Crippen LogP contribution in [0.2, 0.25) is 0 Å². The van der Waals surface area contributed by atoms with E-state index in [1.54, 1.807) is 11.4 Å². The molecular formula is C14H26N2O2S2. The maximum Gasteiger partial charge on any atom is 0.241 e. The van der Waals surface area contributed by atoms with Gasteiger partial charge in [0, 0.05) is 29.4 Å². The van der Waals surface area contributed by atoms with Gasteiger partial charge in [-0.05, 0) is 17.9 Å². The summed E-state index contributed by atoms with van der Waals surface area (Å²) in [5.41, 5.74) is -0.0227. The average molecular weight is 319 g/mol. The van der Waals surface area contributed by atoms with Crippen LogP contribution in [0.1, 0.15) is 45.9 Å². The highest BCUT2D eigenvalue weighted by Gasteiger charge is 2.21. The van der Waals surface area contributed by atoms with Crippen molar-refractivity contribution < 1.29 is 8.42 Å². The number of thiophene rings is 1. The van der Waals surface area contributed by atoms with Crippen molar-refractivity contribution >= 4 is 21.4 Å². The van der Waals surface area contributed by atoms with Gasteiger partial charge in [0.25, 0.3) is 0 Å². The Bertz CT molecular complexity index is 519.